The van der Waals surface area contributed by atoms with Crippen molar-refractivity contribution in [1.29, 1.82) is 5.26 Å². The molecule has 72 valence electrons. The molecule has 0 aliphatic rings. The summed E-state index contributed by atoms with van der Waals surface area (Å²) in [5.41, 5.74) is -0.0251. The van der Waals surface area contributed by atoms with E-state index in [4.69, 9.17) is 28.5 Å². The zero-order valence-corrected chi connectivity index (χ0v) is 8.56. The smallest absolute Gasteiger partial charge is 0.339 e. The first-order valence-corrected chi connectivity index (χ1v) is 4.20. The summed E-state index contributed by atoms with van der Waals surface area (Å²) in [5, 5.41) is 8.63. The first kappa shape index (κ1) is 10.8. The molecule has 0 spiro atoms. The van der Waals surface area contributed by atoms with Crippen LogP contribution in [0.4, 0.5) is 0 Å². The number of esters is 1. The number of pyridine rings is 1. The van der Waals surface area contributed by atoms with E-state index in [1.807, 2.05) is 0 Å². The van der Waals surface area contributed by atoms with Crippen molar-refractivity contribution in [3.8, 4) is 6.07 Å². The Morgan fingerprint density at radius 2 is 2.29 bits per heavy atom. The van der Waals surface area contributed by atoms with E-state index in [0.29, 0.717) is 0 Å². The second-order valence-electron chi connectivity index (χ2n) is 2.26. The Kier molecular flexibility index (Phi) is 3.28. The zero-order chi connectivity index (χ0) is 10.7. The molecule has 0 N–H and O–H groups in total. The maximum atomic E-state index is 11.2. The average molecular weight is 231 g/mol. The van der Waals surface area contributed by atoms with Gasteiger partial charge in [-0.2, -0.15) is 5.26 Å². The molecule has 0 fully saturated rings. The molecule has 1 aromatic rings. The van der Waals surface area contributed by atoms with Crippen molar-refractivity contribution >= 4 is 29.2 Å². The second-order valence-corrected chi connectivity index (χ2v) is 3.01. The maximum absolute atomic E-state index is 11.2. The summed E-state index contributed by atoms with van der Waals surface area (Å²) in [6.45, 7) is 0. The molecule has 4 nitrogen and oxygen atoms in total. The van der Waals surface area contributed by atoms with Gasteiger partial charge in [-0.15, -0.1) is 0 Å². The van der Waals surface area contributed by atoms with Crippen molar-refractivity contribution in [3.63, 3.8) is 0 Å². The molecule has 14 heavy (non-hydrogen) atoms. The van der Waals surface area contributed by atoms with Crippen molar-refractivity contribution in [1.82, 2.24) is 4.98 Å². The third-order valence-corrected chi connectivity index (χ3v) is 1.93. The van der Waals surface area contributed by atoms with Crippen LogP contribution in [0.5, 0.6) is 0 Å². The minimum Gasteiger partial charge on any atom is -0.465 e. The highest BCUT2D eigenvalue weighted by Crippen LogP contribution is 2.21. The van der Waals surface area contributed by atoms with Gasteiger partial charge in [-0.25, -0.2) is 9.78 Å². The molecule has 1 aromatic heterocycles. The Balaban J connectivity index is 3.41. The lowest BCUT2D eigenvalue weighted by Crippen LogP contribution is -2.05. The second kappa shape index (κ2) is 4.27. The molecule has 6 heteroatoms. The summed E-state index contributed by atoms with van der Waals surface area (Å²) in [6.07, 6.45) is 0. The summed E-state index contributed by atoms with van der Waals surface area (Å²) in [7, 11) is 1.20. The number of rotatable bonds is 1. The Bertz CT molecular complexity index is 426. The van der Waals surface area contributed by atoms with Crippen molar-refractivity contribution in [3.05, 3.63) is 27.5 Å². The molecule has 0 aromatic carbocycles. The monoisotopic (exact) mass is 230 g/mol. The number of carbonyl (C=O) groups excluding carboxylic acids is 1. The van der Waals surface area contributed by atoms with Gasteiger partial charge in [0.25, 0.3) is 0 Å². The highest BCUT2D eigenvalue weighted by molar-refractivity contribution is 6.33. The highest BCUT2D eigenvalue weighted by atomic mass is 35.5. The summed E-state index contributed by atoms with van der Waals surface area (Å²) >= 11 is 11.2. The predicted octanol–water partition coefficient (Wildman–Crippen LogP) is 2.05. The fourth-order valence-electron chi connectivity index (χ4n) is 0.862. The van der Waals surface area contributed by atoms with Crippen LogP contribution in [0.25, 0.3) is 0 Å². The van der Waals surface area contributed by atoms with E-state index in [2.05, 4.69) is 9.72 Å². The molecule has 0 atom stereocenters. The number of hydrogen-bond acceptors (Lipinski definition) is 4. The van der Waals surface area contributed by atoms with Crippen LogP contribution in [0.1, 0.15) is 15.9 Å². The first-order valence-electron chi connectivity index (χ1n) is 3.44. The minimum absolute atomic E-state index is 0.0139. The Morgan fingerprint density at radius 3 is 2.79 bits per heavy atom. The molecule has 1 rings (SSSR count). The highest BCUT2D eigenvalue weighted by Gasteiger charge is 2.16. The number of hydrogen-bond donors (Lipinski definition) is 0. The quantitative estimate of drug-likeness (QED) is 0.548. The van der Waals surface area contributed by atoms with E-state index < -0.39 is 5.97 Å². The molecule has 0 bridgehead atoms. The lowest BCUT2D eigenvalue weighted by Gasteiger charge is -2.03. The Morgan fingerprint density at radius 1 is 1.64 bits per heavy atom. The molecule has 0 amide bonds. The Hall–Kier alpha value is -1.31. The minimum atomic E-state index is -0.673. The van der Waals surface area contributed by atoms with Gasteiger partial charge in [0, 0.05) is 0 Å². The van der Waals surface area contributed by atoms with Crippen LogP contribution in [-0.4, -0.2) is 18.1 Å². The SMILES string of the molecule is COC(=O)c1cc(Cl)nc(Cl)c1C#N. The van der Waals surface area contributed by atoms with Gasteiger partial charge >= 0.3 is 5.97 Å². The van der Waals surface area contributed by atoms with Gasteiger partial charge in [0.1, 0.15) is 21.9 Å². The summed E-state index contributed by atoms with van der Waals surface area (Å²) < 4.78 is 4.45. The van der Waals surface area contributed by atoms with Gasteiger partial charge in [-0.05, 0) is 6.07 Å². The van der Waals surface area contributed by atoms with E-state index in [-0.39, 0.29) is 21.4 Å². The van der Waals surface area contributed by atoms with Gasteiger partial charge < -0.3 is 4.74 Å². The van der Waals surface area contributed by atoms with E-state index in [1.165, 1.54) is 13.2 Å². The average Bonchev–Trinajstić information content (AvgIpc) is 2.15. The fraction of sp³-hybridized carbons (Fsp3) is 0.125. The molecule has 0 aliphatic carbocycles. The number of nitrogens with zero attached hydrogens (tertiary/aromatic N) is 2. The van der Waals surface area contributed by atoms with Crippen molar-refractivity contribution in [2.45, 2.75) is 0 Å². The number of carbonyl (C=O) groups is 1. The van der Waals surface area contributed by atoms with Gasteiger partial charge in [-0.3, -0.25) is 0 Å². The van der Waals surface area contributed by atoms with Crippen molar-refractivity contribution in [2.24, 2.45) is 0 Å². The topological polar surface area (TPSA) is 63.0 Å². The third-order valence-electron chi connectivity index (χ3n) is 1.46. The van der Waals surface area contributed by atoms with Crippen LogP contribution in [-0.2, 0) is 4.74 Å². The summed E-state index contributed by atoms with van der Waals surface area (Å²) in [6, 6.07) is 2.99. The number of halogens is 2. The van der Waals surface area contributed by atoms with Crippen molar-refractivity contribution in [2.75, 3.05) is 7.11 Å². The largest absolute Gasteiger partial charge is 0.465 e. The van der Waals surface area contributed by atoms with Crippen LogP contribution in [0, 0.1) is 11.3 Å². The van der Waals surface area contributed by atoms with Crippen molar-refractivity contribution < 1.29 is 9.53 Å². The van der Waals surface area contributed by atoms with E-state index in [0.717, 1.165) is 0 Å². The lowest BCUT2D eigenvalue weighted by molar-refractivity contribution is 0.0600. The molecule has 0 radical (unpaired) electrons. The number of aromatic nitrogens is 1. The predicted molar refractivity (Wildman–Crippen MR) is 50.3 cm³/mol. The first-order chi connectivity index (χ1) is 6.60. The molecule has 0 aliphatic heterocycles. The molecule has 1 heterocycles. The standard InChI is InChI=1S/C8H4Cl2N2O2/c1-14-8(13)4-2-6(9)12-7(10)5(4)3-11/h2H,1H3. The number of methoxy groups -OCH3 is 1. The normalized spacial score (nSPS) is 9.29. The van der Waals surface area contributed by atoms with Gasteiger partial charge in [0.2, 0.25) is 0 Å². The van der Waals surface area contributed by atoms with E-state index >= 15 is 0 Å². The van der Waals surface area contributed by atoms with Crippen LogP contribution < -0.4 is 0 Å². The zero-order valence-electron chi connectivity index (χ0n) is 7.04. The molecule has 0 saturated heterocycles. The molecular formula is C8H4Cl2N2O2. The van der Waals surface area contributed by atoms with E-state index in [1.54, 1.807) is 6.07 Å². The number of ether oxygens (including phenoxy) is 1. The lowest BCUT2D eigenvalue weighted by atomic mass is 10.1. The third kappa shape index (κ3) is 1.95. The maximum Gasteiger partial charge on any atom is 0.339 e. The van der Waals surface area contributed by atoms with Gasteiger partial charge in [0.05, 0.1) is 12.7 Å². The number of nitriles is 1. The summed E-state index contributed by atoms with van der Waals surface area (Å²) in [5.74, 6) is -0.673. The molecule has 0 unspecified atom stereocenters. The van der Waals surface area contributed by atoms with Gasteiger partial charge in [-0.1, -0.05) is 23.2 Å². The van der Waals surface area contributed by atoms with E-state index in [9.17, 15) is 4.79 Å². The molecule has 0 saturated carbocycles. The van der Waals surface area contributed by atoms with Crippen LogP contribution in [0.15, 0.2) is 6.07 Å². The fourth-order valence-corrected chi connectivity index (χ4v) is 1.33. The van der Waals surface area contributed by atoms with Crippen LogP contribution >= 0.6 is 23.2 Å². The Labute approximate surface area is 90.0 Å². The summed E-state index contributed by atoms with van der Waals surface area (Å²) in [4.78, 5) is 14.8. The van der Waals surface area contributed by atoms with Crippen LogP contribution in [0.2, 0.25) is 10.3 Å². The van der Waals surface area contributed by atoms with Crippen LogP contribution in [0.3, 0.4) is 0 Å². The van der Waals surface area contributed by atoms with Gasteiger partial charge in [0.15, 0.2) is 0 Å². The molecular weight excluding hydrogens is 227 g/mol.